The first-order valence-electron chi connectivity index (χ1n) is 7.05. The van der Waals surface area contributed by atoms with Crippen LogP contribution in [0, 0.1) is 0 Å². The molecule has 4 rings (SSSR count). The number of para-hydroxylation sites is 2. The lowest BCUT2D eigenvalue weighted by Crippen LogP contribution is -2.02. The second kappa shape index (κ2) is 5.52. The van der Waals surface area contributed by atoms with Gasteiger partial charge in [-0.05, 0) is 30.3 Å². The molecule has 0 saturated carbocycles. The molecule has 1 aromatic heterocycles. The van der Waals surface area contributed by atoms with Crippen molar-refractivity contribution in [2.24, 2.45) is 0 Å². The van der Waals surface area contributed by atoms with E-state index in [1.54, 1.807) is 24.3 Å². The summed E-state index contributed by atoms with van der Waals surface area (Å²) in [7, 11) is 0. The van der Waals surface area contributed by atoms with Gasteiger partial charge in [-0.2, -0.15) is 0 Å². The van der Waals surface area contributed by atoms with E-state index in [0.29, 0.717) is 26.2 Å². The molecular formula is C19H10BrClO2. The van der Waals surface area contributed by atoms with Gasteiger partial charge >= 0.3 is 0 Å². The van der Waals surface area contributed by atoms with E-state index in [-0.39, 0.29) is 5.78 Å². The van der Waals surface area contributed by atoms with Crippen molar-refractivity contribution < 1.29 is 9.21 Å². The molecule has 0 atom stereocenters. The standard InChI is InChI=1S/C19H10BrClO2/c20-16-9-8-11(21)10-15(16)18(22)14-6-3-5-13-12-4-1-2-7-17(12)23-19(13)14/h1-10H. The number of furan rings is 1. The summed E-state index contributed by atoms with van der Waals surface area (Å²) in [6, 6.07) is 18.6. The second-order valence-corrected chi connectivity index (χ2v) is 6.52. The van der Waals surface area contributed by atoms with Crippen LogP contribution in [0.1, 0.15) is 15.9 Å². The molecule has 0 unspecified atom stereocenters. The van der Waals surface area contributed by atoms with Gasteiger partial charge in [0.2, 0.25) is 0 Å². The maximum absolute atomic E-state index is 13.0. The van der Waals surface area contributed by atoms with Gasteiger partial charge in [0.05, 0.1) is 5.56 Å². The quantitative estimate of drug-likeness (QED) is 0.383. The Balaban J connectivity index is 1.98. The highest BCUT2D eigenvalue weighted by atomic mass is 79.9. The minimum Gasteiger partial charge on any atom is -0.455 e. The third-order valence-electron chi connectivity index (χ3n) is 3.82. The van der Waals surface area contributed by atoms with Gasteiger partial charge in [-0.15, -0.1) is 0 Å². The first-order chi connectivity index (χ1) is 11.1. The van der Waals surface area contributed by atoms with Gasteiger partial charge in [-0.1, -0.05) is 57.9 Å². The molecule has 4 heteroatoms. The fourth-order valence-corrected chi connectivity index (χ4v) is 3.34. The monoisotopic (exact) mass is 384 g/mol. The van der Waals surface area contributed by atoms with Crippen molar-refractivity contribution in [1.82, 2.24) is 0 Å². The summed E-state index contributed by atoms with van der Waals surface area (Å²) in [6.45, 7) is 0. The molecule has 2 nitrogen and oxygen atoms in total. The summed E-state index contributed by atoms with van der Waals surface area (Å²) in [6.07, 6.45) is 0. The van der Waals surface area contributed by atoms with Crippen LogP contribution >= 0.6 is 27.5 Å². The van der Waals surface area contributed by atoms with E-state index in [9.17, 15) is 4.79 Å². The molecule has 0 aliphatic heterocycles. The Morgan fingerprint density at radius 2 is 1.70 bits per heavy atom. The minimum atomic E-state index is -0.121. The van der Waals surface area contributed by atoms with Crippen LogP contribution in [-0.4, -0.2) is 5.78 Å². The average molecular weight is 386 g/mol. The summed E-state index contributed by atoms with van der Waals surface area (Å²) in [5, 5.41) is 2.46. The van der Waals surface area contributed by atoms with Crippen LogP contribution in [-0.2, 0) is 0 Å². The van der Waals surface area contributed by atoms with E-state index in [4.69, 9.17) is 16.0 Å². The van der Waals surface area contributed by atoms with E-state index >= 15 is 0 Å². The van der Waals surface area contributed by atoms with Crippen molar-refractivity contribution in [3.8, 4) is 0 Å². The Hall–Kier alpha value is -2.10. The van der Waals surface area contributed by atoms with Crippen LogP contribution in [0.3, 0.4) is 0 Å². The summed E-state index contributed by atoms with van der Waals surface area (Å²) in [4.78, 5) is 13.0. The maximum atomic E-state index is 13.0. The van der Waals surface area contributed by atoms with Gasteiger partial charge in [-0.25, -0.2) is 0 Å². The van der Waals surface area contributed by atoms with E-state index in [0.717, 1.165) is 16.4 Å². The molecule has 0 N–H and O–H groups in total. The molecule has 0 radical (unpaired) electrons. The van der Waals surface area contributed by atoms with Crippen LogP contribution in [0.4, 0.5) is 0 Å². The molecule has 0 fully saturated rings. The summed E-state index contributed by atoms with van der Waals surface area (Å²) in [5.74, 6) is -0.121. The predicted octanol–water partition coefficient (Wildman–Crippen LogP) is 6.23. The number of hydrogen-bond donors (Lipinski definition) is 0. The van der Waals surface area contributed by atoms with Gasteiger partial charge in [0.1, 0.15) is 11.2 Å². The lowest BCUT2D eigenvalue weighted by atomic mass is 10.0. The number of benzene rings is 3. The van der Waals surface area contributed by atoms with Crippen LogP contribution in [0.15, 0.2) is 69.6 Å². The average Bonchev–Trinajstić information content (AvgIpc) is 2.95. The Labute approximate surface area is 145 Å². The van der Waals surface area contributed by atoms with Crippen molar-refractivity contribution >= 4 is 55.3 Å². The Bertz CT molecular complexity index is 1070. The number of hydrogen-bond acceptors (Lipinski definition) is 2. The van der Waals surface area contributed by atoms with Crippen molar-refractivity contribution in [3.63, 3.8) is 0 Å². The van der Waals surface area contributed by atoms with Gasteiger partial charge < -0.3 is 4.42 Å². The summed E-state index contributed by atoms with van der Waals surface area (Å²) < 4.78 is 6.64. The van der Waals surface area contributed by atoms with Crippen LogP contribution in [0.25, 0.3) is 21.9 Å². The molecule has 112 valence electrons. The second-order valence-electron chi connectivity index (χ2n) is 5.23. The van der Waals surface area contributed by atoms with Crippen molar-refractivity contribution in [2.75, 3.05) is 0 Å². The Morgan fingerprint density at radius 3 is 2.57 bits per heavy atom. The Morgan fingerprint density at radius 1 is 0.913 bits per heavy atom. The first-order valence-corrected chi connectivity index (χ1v) is 8.22. The predicted molar refractivity (Wildman–Crippen MR) is 96.3 cm³/mol. The Kier molecular flexibility index (Phi) is 3.47. The third-order valence-corrected chi connectivity index (χ3v) is 4.75. The molecule has 0 amide bonds. The lowest BCUT2D eigenvalue weighted by molar-refractivity contribution is 0.103. The minimum absolute atomic E-state index is 0.121. The number of fused-ring (bicyclic) bond motifs is 3. The van der Waals surface area contributed by atoms with E-state index in [2.05, 4.69) is 15.9 Å². The highest BCUT2D eigenvalue weighted by molar-refractivity contribution is 9.10. The highest BCUT2D eigenvalue weighted by Gasteiger charge is 2.19. The zero-order chi connectivity index (χ0) is 16.0. The number of carbonyl (C=O) groups is 1. The van der Waals surface area contributed by atoms with Crippen molar-refractivity contribution in [3.05, 3.63) is 81.3 Å². The number of ketones is 1. The fraction of sp³-hybridized carbons (Fsp3) is 0. The number of carbonyl (C=O) groups excluding carboxylic acids is 1. The SMILES string of the molecule is O=C(c1cc(Cl)ccc1Br)c1cccc2c1oc1ccccc12. The lowest BCUT2D eigenvalue weighted by Gasteiger charge is -2.05. The molecular weight excluding hydrogens is 376 g/mol. The van der Waals surface area contributed by atoms with Gasteiger partial charge in [-0.3, -0.25) is 4.79 Å². The molecule has 0 aliphatic carbocycles. The molecule has 4 aromatic rings. The fourth-order valence-electron chi connectivity index (χ4n) is 2.74. The smallest absolute Gasteiger partial charge is 0.197 e. The van der Waals surface area contributed by atoms with Gasteiger partial charge in [0.15, 0.2) is 5.78 Å². The molecule has 23 heavy (non-hydrogen) atoms. The third kappa shape index (κ3) is 2.37. The van der Waals surface area contributed by atoms with E-state index < -0.39 is 0 Å². The molecule has 1 heterocycles. The molecule has 0 aliphatic rings. The maximum Gasteiger partial charge on any atom is 0.197 e. The number of rotatable bonds is 2. The zero-order valence-corrected chi connectivity index (χ0v) is 14.2. The van der Waals surface area contributed by atoms with Gasteiger partial charge in [0, 0.05) is 25.8 Å². The summed E-state index contributed by atoms with van der Waals surface area (Å²) in [5.41, 5.74) is 2.42. The zero-order valence-electron chi connectivity index (χ0n) is 11.8. The highest BCUT2D eigenvalue weighted by Crippen LogP contribution is 2.33. The van der Waals surface area contributed by atoms with Crippen molar-refractivity contribution in [1.29, 1.82) is 0 Å². The largest absolute Gasteiger partial charge is 0.455 e. The molecule has 0 spiro atoms. The first kappa shape index (κ1) is 14.5. The van der Waals surface area contributed by atoms with E-state index in [1.807, 2.05) is 36.4 Å². The van der Waals surface area contributed by atoms with Crippen LogP contribution in [0.5, 0.6) is 0 Å². The van der Waals surface area contributed by atoms with Gasteiger partial charge in [0.25, 0.3) is 0 Å². The van der Waals surface area contributed by atoms with Crippen LogP contribution < -0.4 is 0 Å². The van der Waals surface area contributed by atoms with Crippen LogP contribution in [0.2, 0.25) is 5.02 Å². The molecule has 3 aromatic carbocycles. The summed E-state index contributed by atoms with van der Waals surface area (Å²) >= 11 is 9.45. The van der Waals surface area contributed by atoms with Crippen molar-refractivity contribution in [2.45, 2.75) is 0 Å². The topological polar surface area (TPSA) is 30.2 Å². The molecule has 0 bridgehead atoms. The number of halogens is 2. The normalized spacial score (nSPS) is 11.2. The van der Waals surface area contributed by atoms with E-state index in [1.165, 1.54) is 0 Å². The molecule has 0 saturated heterocycles.